The van der Waals surface area contributed by atoms with Crippen LogP contribution in [0.15, 0.2) is 54.6 Å². The van der Waals surface area contributed by atoms with Gasteiger partial charge in [0.15, 0.2) is 0 Å². The van der Waals surface area contributed by atoms with Gasteiger partial charge in [0.1, 0.15) is 0 Å². The molecule has 2 aromatic rings. The van der Waals surface area contributed by atoms with Gasteiger partial charge in [-0.1, -0.05) is 0 Å². The Labute approximate surface area is 115 Å². The SMILES string of the molecule is FC(F)(F)c1ccc([Se]C#Cc2ccccc2)cc1. The molecule has 0 bridgehead atoms. The molecule has 19 heavy (non-hydrogen) atoms. The first-order valence-corrected chi connectivity index (χ1v) is 7.17. The van der Waals surface area contributed by atoms with Crippen LogP contribution in [0, 0.1) is 10.7 Å². The molecule has 0 saturated heterocycles. The Bertz CT molecular complexity index is 589. The molecule has 2 aromatic carbocycles. The van der Waals surface area contributed by atoms with Crippen LogP contribution in [0.4, 0.5) is 13.2 Å². The van der Waals surface area contributed by atoms with E-state index in [2.05, 4.69) is 10.7 Å². The number of alkyl halides is 3. The maximum absolute atomic E-state index is 12.4. The van der Waals surface area contributed by atoms with Crippen molar-refractivity contribution in [1.82, 2.24) is 0 Å². The summed E-state index contributed by atoms with van der Waals surface area (Å²) in [5.74, 6) is 2.99. The Morgan fingerprint density at radius 1 is 0.842 bits per heavy atom. The van der Waals surface area contributed by atoms with E-state index in [0.717, 1.165) is 22.2 Å². The summed E-state index contributed by atoms with van der Waals surface area (Å²) >= 11 is -0.139. The number of benzene rings is 2. The summed E-state index contributed by atoms with van der Waals surface area (Å²) < 4.78 is 37.9. The van der Waals surface area contributed by atoms with Crippen LogP contribution in [0.25, 0.3) is 0 Å². The minimum atomic E-state index is -4.28. The Morgan fingerprint density at radius 2 is 1.47 bits per heavy atom. The predicted octanol–water partition coefficient (Wildman–Crippen LogP) is 3.04. The van der Waals surface area contributed by atoms with Crippen molar-refractivity contribution in [2.45, 2.75) is 6.18 Å². The second-order valence-corrected chi connectivity index (χ2v) is 5.56. The van der Waals surface area contributed by atoms with Crippen molar-refractivity contribution in [2.75, 3.05) is 0 Å². The van der Waals surface area contributed by atoms with Crippen molar-refractivity contribution in [3.8, 4) is 10.7 Å². The zero-order valence-corrected chi connectivity index (χ0v) is 11.5. The van der Waals surface area contributed by atoms with E-state index in [1.54, 1.807) is 0 Å². The molecule has 0 atom stereocenters. The van der Waals surface area contributed by atoms with Crippen molar-refractivity contribution < 1.29 is 13.2 Å². The molecule has 0 N–H and O–H groups in total. The average molecular weight is 325 g/mol. The van der Waals surface area contributed by atoms with Crippen molar-refractivity contribution in [2.24, 2.45) is 0 Å². The molecule has 2 rings (SSSR count). The van der Waals surface area contributed by atoms with Crippen molar-refractivity contribution in [1.29, 1.82) is 0 Å². The molecule has 0 fully saturated rings. The van der Waals surface area contributed by atoms with Crippen molar-refractivity contribution in [3.05, 3.63) is 65.7 Å². The third kappa shape index (κ3) is 4.17. The minimum absolute atomic E-state index is 0.139. The van der Waals surface area contributed by atoms with Gasteiger partial charge in [0, 0.05) is 0 Å². The van der Waals surface area contributed by atoms with Crippen LogP contribution in [0.2, 0.25) is 0 Å². The standard InChI is InChI=1S/C15H9F3Se/c16-15(17,18)13-6-8-14(9-7-13)19-11-10-12-4-2-1-3-5-12/h1-9H. The number of rotatable bonds is 1. The van der Waals surface area contributed by atoms with Gasteiger partial charge in [-0.15, -0.1) is 0 Å². The zero-order chi connectivity index (χ0) is 13.7. The van der Waals surface area contributed by atoms with Gasteiger partial charge in [-0.25, -0.2) is 0 Å². The van der Waals surface area contributed by atoms with Gasteiger partial charge in [-0.05, 0) is 0 Å². The molecule has 0 spiro atoms. The fourth-order valence-corrected chi connectivity index (χ4v) is 2.55. The van der Waals surface area contributed by atoms with E-state index in [1.165, 1.54) is 12.1 Å². The maximum atomic E-state index is 12.4. The van der Waals surface area contributed by atoms with Gasteiger partial charge in [0.05, 0.1) is 0 Å². The summed E-state index contributed by atoms with van der Waals surface area (Å²) in [6.45, 7) is 0. The molecule has 0 aliphatic heterocycles. The number of hydrogen-bond donors (Lipinski definition) is 0. The first-order chi connectivity index (χ1) is 9.05. The molecule has 0 unspecified atom stereocenters. The zero-order valence-electron chi connectivity index (χ0n) is 9.74. The Morgan fingerprint density at radius 3 is 2.05 bits per heavy atom. The summed E-state index contributed by atoms with van der Waals surface area (Å²) in [5, 5.41) is 0. The summed E-state index contributed by atoms with van der Waals surface area (Å²) in [7, 11) is 0. The van der Waals surface area contributed by atoms with Gasteiger partial charge in [0.2, 0.25) is 0 Å². The van der Waals surface area contributed by atoms with E-state index in [0.29, 0.717) is 0 Å². The van der Waals surface area contributed by atoms with Gasteiger partial charge in [-0.2, -0.15) is 0 Å². The fourth-order valence-electron chi connectivity index (χ4n) is 1.38. The molecule has 0 heterocycles. The van der Waals surface area contributed by atoms with Crippen LogP contribution in [0.1, 0.15) is 11.1 Å². The third-order valence-electron chi connectivity index (χ3n) is 2.32. The second kappa shape index (κ2) is 5.97. The van der Waals surface area contributed by atoms with E-state index in [-0.39, 0.29) is 15.0 Å². The van der Waals surface area contributed by atoms with E-state index in [1.807, 2.05) is 30.3 Å². The fraction of sp³-hybridized carbons (Fsp3) is 0.0667. The third-order valence-corrected chi connectivity index (χ3v) is 3.81. The predicted molar refractivity (Wildman–Crippen MR) is 70.2 cm³/mol. The van der Waals surface area contributed by atoms with Gasteiger partial charge in [-0.3, -0.25) is 0 Å². The van der Waals surface area contributed by atoms with Gasteiger partial charge >= 0.3 is 115 Å². The normalized spacial score (nSPS) is 10.7. The monoisotopic (exact) mass is 326 g/mol. The summed E-state index contributed by atoms with van der Waals surface area (Å²) in [6, 6.07) is 14.7. The number of halogens is 3. The Kier molecular flexibility index (Phi) is 4.31. The second-order valence-electron chi connectivity index (χ2n) is 3.72. The van der Waals surface area contributed by atoms with Crippen LogP contribution < -0.4 is 4.46 Å². The molecule has 0 radical (unpaired) electrons. The topological polar surface area (TPSA) is 0 Å². The molecule has 0 amide bonds. The first kappa shape index (κ1) is 13.7. The van der Waals surface area contributed by atoms with Gasteiger partial charge in [0.25, 0.3) is 0 Å². The molecular weight excluding hydrogens is 316 g/mol. The summed E-state index contributed by atoms with van der Waals surface area (Å²) in [5.41, 5.74) is 0.291. The Hall–Kier alpha value is -1.69. The van der Waals surface area contributed by atoms with Crippen LogP contribution in [0.5, 0.6) is 0 Å². The van der Waals surface area contributed by atoms with Crippen molar-refractivity contribution in [3.63, 3.8) is 0 Å². The molecular formula is C15H9F3Se. The molecule has 4 heteroatoms. The van der Waals surface area contributed by atoms with Crippen LogP contribution in [-0.4, -0.2) is 15.0 Å². The quantitative estimate of drug-likeness (QED) is 0.558. The average Bonchev–Trinajstić information content (AvgIpc) is 2.39. The van der Waals surface area contributed by atoms with Crippen LogP contribution in [-0.2, 0) is 6.18 Å². The summed E-state index contributed by atoms with van der Waals surface area (Å²) in [6.07, 6.45) is -4.28. The molecule has 0 saturated carbocycles. The first-order valence-electron chi connectivity index (χ1n) is 5.46. The van der Waals surface area contributed by atoms with Crippen LogP contribution >= 0.6 is 0 Å². The summed E-state index contributed by atoms with van der Waals surface area (Å²) in [4.78, 5) is 3.01. The van der Waals surface area contributed by atoms with Crippen molar-refractivity contribution >= 4 is 19.4 Å². The number of hydrogen-bond acceptors (Lipinski definition) is 0. The molecule has 96 valence electrons. The van der Waals surface area contributed by atoms with E-state index >= 15 is 0 Å². The Balaban J connectivity index is 2.03. The molecule has 0 aliphatic rings. The van der Waals surface area contributed by atoms with E-state index < -0.39 is 11.7 Å². The molecule has 0 aliphatic carbocycles. The van der Waals surface area contributed by atoms with Gasteiger partial charge < -0.3 is 0 Å². The van der Waals surface area contributed by atoms with E-state index in [9.17, 15) is 13.2 Å². The van der Waals surface area contributed by atoms with Crippen LogP contribution in [0.3, 0.4) is 0 Å². The molecule has 0 nitrogen and oxygen atoms in total. The molecule has 0 aromatic heterocycles. The van der Waals surface area contributed by atoms with E-state index in [4.69, 9.17) is 0 Å².